The predicted molar refractivity (Wildman–Crippen MR) is 76.4 cm³/mol. The number of sulfonamides is 1. The Balaban J connectivity index is 2.32. The van der Waals surface area contributed by atoms with E-state index in [1.165, 1.54) is 16.4 Å². The van der Waals surface area contributed by atoms with Gasteiger partial charge in [-0.05, 0) is 31.2 Å². The van der Waals surface area contributed by atoms with Gasteiger partial charge in [0, 0.05) is 31.8 Å². The van der Waals surface area contributed by atoms with Crippen LogP contribution in [0.2, 0.25) is 0 Å². The largest absolute Gasteiger partial charge is 0.396 e. The molecule has 1 aromatic rings. The summed E-state index contributed by atoms with van der Waals surface area (Å²) >= 11 is 0. The summed E-state index contributed by atoms with van der Waals surface area (Å²) in [5, 5.41) is 19.8. The van der Waals surface area contributed by atoms with E-state index >= 15 is 0 Å². The van der Waals surface area contributed by atoms with Gasteiger partial charge in [0.25, 0.3) is 5.69 Å². The summed E-state index contributed by atoms with van der Waals surface area (Å²) in [5.41, 5.74) is 0.261. The van der Waals surface area contributed by atoms with Gasteiger partial charge in [0.2, 0.25) is 10.0 Å². The second-order valence-corrected chi connectivity index (χ2v) is 7.14. The van der Waals surface area contributed by atoms with E-state index in [1.54, 1.807) is 6.92 Å². The Labute approximate surface area is 123 Å². The molecular formula is C13H18N2O5S. The molecule has 1 aliphatic rings. The van der Waals surface area contributed by atoms with E-state index in [9.17, 15) is 18.5 Å². The molecule has 8 heteroatoms. The maximum absolute atomic E-state index is 12.6. The lowest BCUT2D eigenvalue weighted by Gasteiger charge is -2.17. The molecule has 116 valence electrons. The molecule has 0 bridgehead atoms. The van der Waals surface area contributed by atoms with Gasteiger partial charge in [0.15, 0.2) is 0 Å². The molecule has 2 rings (SSSR count). The van der Waals surface area contributed by atoms with Crippen molar-refractivity contribution in [2.24, 2.45) is 5.92 Å². The maximum atomic E-state index is 12.6. The first-order valence-corrected chi connectivity index (χ1v) is 8.16. The van der Waals surface area contributed by atoms with Gasteiger partial charge in [-0.3, -0.25) is 10.1 Å². The first-order valence-electron chi connectivity index (χ1n) is 6.72. The third-order valence-electron chi connectivity index (χ3n) is 3.79. The number of nitrogens with zero attached hydrogens (tertiary/aromatic N) is 2. The zero-order chi connectivity index (χ0) is 15.6. The molecular weight excluding hydrogens is 296 g/mol. The van der Waals surface area contributed by atoms with Crippen molar-refractivity contribution in [2.45, 2.75) is 24.7 Å². The molecule has 1 fully saturated rings. The molecule has 1 aliphatic heterocycles. The standard InChI is InChI=1S/C13H18N2O5S/c1-10-2-3-12(15(17)18)8-13(10)21(19,20)14-6-4-11(9-14)5-7-16/h2-3,8,11,16H,4-7,9H2,1H3. The summed E-state index contributed by atoms with van der Waals surface area (Å²) in [6.07, 6.45) is 1.27. The van der Waals surface area contributed by atoms with Crippen LogP contribution in [0.3, 0.4) is 0 Å². The predicted octanol–water partition coefficient (Wildman–Crippen LogP) is 1.30. The zero-order valence-corrected chi connectivity index (χ0v) is 12.5. The minimum Gasteiger partial charge on any atom is -0.396 e. The molecule has 1 heterocycles. The van der Waals surface area contributed by atoms with E-state index in [0.29, 0.717) is 31.5 Å². The van der Waals surface area contributed by atoms with E-state index in [-0.39, 0.29) is 23.1 Å². The summed E-state index contributed by atoms with van der Waals surface area (Å²) in [6.45, 7) is 2.40. The Kier molecular flexibility index (Phi) is 4.60. The van der Waals surface area contributed by atoms with Crippen molar-refractivity contribution in [1.29, 1.82) is 0 Å². The first kappa shape index (κ1) is 15.9. The van der Waals surface area contributed by atoms with Gasteiger partial charge in [-0.1, -0.05) is 6.07 Å². The lowest BCUT2D eigenvalue weighted by atomic mass is 10.1. The van der Waals surface area contributed by atoms with Crippen LogP contribution in [0.1, 0.15) is 18.4 Å². The van der Waals surface area contributed by atoms with Crippen molar-refractivity contribution in [3.05, 3.63) is 33.9 Å². The summed E-state index contributed by atoms with van der Waals surface area (Å²) in [5.74, 6) is 0.142. The fraction of sp³-hybridized carbons (Fsp3) is 0.538. The molecule has 0 saturated carbocycles. The number of nitro groups is 1. The monoisotopic (exact) mass is 314 g/mol. The van der Waals surface area contributed by atoms with Crippen LogP contribution in [0, 0.1) is 23.0 Å². The molecule has 1 atom stereocenters. The van der Waals surface area contributed by atoms with Crippen molar-refractivity contribution in [3.8, 4) is 0 Å². The minimum absolute atomic E-state index is 0.0126. The number of hydrogen-bond acceptors (Lipinski definition) is 5. The highest BCUT2D eigenvalue weighted by Gasteiger charge is 2.33. The Morgan fingerprint density at radius 1 is 1.48 bits per heavy atom. The van der Waals surface area contributed by atoms with Crippen molar-refractivity contribution < 1.29 is 18.4 Å². The van der Waals surface area contributed by atoms with Crippen LogP contribution >= 0.6 is 0 Å². The van der Waals surface area contributed by atoms with Gasteiger partial charge in [-0.15, -0.1) is 0 Å². The second-order valence-electron chi connectivity index (χ2n) is 5.24. The molecule has 0 aliphatic carbocycles. The topological polar surface area (TPSA) is 101 Å². The van der Waals surface area contributed by atoms with Crippen molar-refractivity contribution in [2.75, 3.05) is 19.7 Å². The quantitative estimate of drug-likeness (QED) is 0.652. The van der Waals surface area contributed by atoms with E-state index in [4.69, 9.17) is 5.11 Å². The van der Waals surface area contributed by atoms with Gasteiger partial charge in [-0.25, -0.2) is 8.42 Å². The Morgan fingerprint density at radius 2 is 2.19 bits per heavy atom. The van der Waals surface area contributed by atoms with Crippen LogP contribution in [0.5, 0.6) is 0 Å². The number of aliphatic hydroxyl groups is 1. The summed E-state index contributed by atoms with van der Waals surface area (Å²) in [7, 11) is -3.73. The normalized spacial score (nSPS) is 19.8. The number of rotatable bonds is 5. The lowest BCUT2D eigenvalue weighted by molar-refractivity contribution is -0.385. The highest BCUT2D eigenvalue weighted by Crippen LogP contribution is 2.29. The average Bonchev–Trinajstić information content (AvgIpc) is 2.88. The molecule has 1 saturated heterocycles. The molecule has 0 aromatic heterocycles. The average molecular weight is 314 g/mol. The number of nitro benzene ring substituents is 1. The van der Waals surface area contributed by atoms with Gasteiger partial charge < -0.3 is 5.11 Å². The lowest BCUT2D eigenvalue weighted by Crippen LogP contribution is -2.29. The highest BCUT2D eigenvalue weighted by molar-refractivity contribution is 7.89. The number of hydrogen-bond donors (Lipinski definition) is 1. The SMILES string of the molecule is Cc1ccc([N+](=O)[O-])cc1S(=O)(=O)N1CCC(CCO)C1. The van der Waals surface area contributed by atoms with Gasteiger partial charge in [-0.2, -0.15) is 4.31 Å². The summed E-state index contributed by atoms with van der Waals surface area (Å²) < 4.78 is 26.6. The minimum atomic E-state index is -3.73. The Morgan fingerprint density at radius 3 is 2.81 bits per heavy atom. The fourth-order valence-electron chi connectivity index (χ4n) is 2.55. The molecule has 21 heavy (non-hydrogen) atoms. The maximum Gasteiger partial charge on any atom is 0.270 e. The van der Waals surface area contributed by atoms with Crippen molar-refractivity contribution >= 4 is 15.7 Å². The summed E-state index contributed by atoms with van der Waals surface area (Å²) in [4.78, 5) is 10.2. The van der Waals surface area contributed by atoms with Gasteiger partial charge in [0.05, 0.1) is 9.82 Å². The van der Waals surface area contributed by atoms with Crippen LogP contribution in [0.25, 0.3) is 0 Å². The molecule has 1 unspecified atom stereocenters. The van der Waals surface area contributed by atoms with Crippen molar-refractivity contribution in [3.63, 3.8) is 0 Å². The number of benzene rings is 1. The molecule has 1 N–H and O–H groups in total. The fourth-order valence-corrected chi connectivity index (χ4v) is 4.33. The Hall–Kier alpha value is -1.51. The molecule has 0 amide bonds. The van der Waals surface area contributed by atoms with E-state index in [2.05, 4.69) is 0 Å². The third-order valence-corrected chi connectivity index (χ3v) is 5.79. The van der Waals surface area contributed by atoms with Gasteiger partial charge >= 0.3 is 0 Å². The van der Waals surface area contributed by atoms with Crippen LogP contribution < -0.4 is 0 Å². The van der Waals surface area contributed by atoms with Crippen LogP contribution in [0.15, 0.2) is 23.1 Å². The molecule has 7 nitrogen and oxygen atoms in total. The smallest absolute Gasteiger partial charge is 0.270 e. The van der Waals surface area contributed by atoms with E-state index in [0.717, 1.165) is 6.07 Å². The molecule has 1 aromatic carbocycles. The first-order chi connectivity index (χ1) is 9.86. The van der Waals surface area contributed by atoms with E-state index < -0.39 is 14.9 Å². The summed E-state index contributed by atoms with van der Waals surface area (Å²) in [6, 6.07) is 3.86. The number of aryl methyl sites for hydroxylation is 1. The van der Waals surface area contributed by atoms with Crippen molar-refractivity contribution in [1.82, 2.24) is 4.31 Å². The van der Waals surface area contributed by atoms with Crippen LogP contribution in [-0.2, 0) is 10.0 Å². The Bertz CT molecular complexity index is 644. The third kappa shape index (κ3) is 3.22. The van der Waals surface area contributed by atoms with Crippen LogP contribution in [0.4, 0.5) is 5.69 Å². The highest BCUT2D eigenvalue weighted by atomic mass is 32.2. The van der Waals surface area contributed by atoms with Gasteiger partial charge in [0.1, 0.15) is 0 Å². The second kappa shape index (κ2) is 6.08. The molecule has 0 spiro atoms. The van der Waals surface area contributed by atoms with E-state index in [1.807, 2.05) is 0 Å². The number of aliphatic hydroxyl groups excluding tert-OH is 1. The molecule has 0 radical (unpaired) electrons. The number of non-ortho nitro benzene ring substituents is 1. The van der Waals surface area contributed by atoms with Crippen LogP contribution in [-0.4, -0.2) is 42.4 Å². The zero-order valence-electron chi connectivity index (χ0n) is 11.7.